The Morgan fingerprint density at radius 3 is 1.82 bits per heavy atom. The summed E-state index contributed by atoms with van der Waals surface area (Å²) >= 11 is 0. The highest BCUT2D eigenvalue weighted by Crippen LogP contribution is 2.55. The molecule has 11 rings (SSSR count). The molecule has 4 heterocycles. The van der Waals surface area contributed by atoms with Crippen molar-refractivity contribution < 1.29 is 0 Å². The first kappa shape index (κ1) is 35.8. The Kier molecular flexibility index (Phi) is 8.46. The van der Waals surface area contributed by atoms with Crippen molar-refractivity contribution in [2.75, 3.05) is 4.90 Å². The highest BCUT2D eigenvalue weighted by Gasteiger charge is 2.49. The van der Waals surface area contributed by atoms with Crippen molar-refractivity contribution in [1.82, 2.24) is 14.5 Å². The molecule has 7 aromatic carbocycles. The number of anilines is 3. The van der Waals surface area contributed by atoms with Crippen molar-refractivity contribution >= 4 is 67.7 Å². The second-order valence-corrected chi connectivity index (χ2v) is 19.9. The summed E-state index contributed by atoms with van der Waals surface area (Å²) in [5.74, 6) is 0.889. The summed E-state index contributed by atoms with van der Waals surface area (Å²) in [5.41, 5.74) is 10.1. The van der Waals surface area contributed by atoms with Gasteiger partial charge in [0.2, 0.25) is 0 Å². The van der Waals surface area contributed by atoms with Crippen LogP contribution in [0.1, 0.15) is 25.0 Å². The van der Waals surface area contributed by atoms with Crippen LogP contribution in [0.5, 0.6) is 0 Å². The molecule has 0 bridgehead atoms. The van der Waals surface area contributed by atoms with E-state index in [2.05, 4.69) is 217 Å². The number of hydrogen-bond acceptors (Lipinski definition) is 3. The Hall–Kier alpha value is -7.34. The lowest BCUT2D eigenvalue weighted by molar-refractivity contribution is 0.637. The molecule has 0 spiro atoms. The third kappa shape index (κ3) is 5.36. The number of rotatable bonds is 7. The van der Waals surface area contributed by atoms with Gasteiger partial charge < -0.3 is 4.90 Å². The van der Waals surface area contributed by atoms with Crippen LogP contribution in [-0.4, -0.2) is 22.6 Å². The first-order chi connectivity index (χ1) is 29.6. The number of pyridine rings is 2. The molecule has 0 saturated heterocycles. The number of para-hydroxylation sites is 3. The molecule has 0 N–H and O–H groups in total. The van der Waals surface area contributed by atoms with Crippen molar-refractivity contribution in [2.45, 2.75) is 19.3 Å². The molecule has 0 aliphatic carbocycles. The maximum Gasteiger partial charge on any atom is 0.180 e. The van der Waals surface area contributed by atoms with Gasteiger partial charge in [-0.25, -0.2) is 4.98 Å². The number of aromatic nitrogens is 3. The fourth-order valence-corrected chi connectivity index (χ4v) is 15.3. The third-order valence-electron chi connectivity index (χ3n) is 12.6. The molecule has 0 unspecified atom stereocenters. The van der Waals surface area contributed by atoms with Gasteiger partial charge in [0.1, 0.15) is 5.82 Å². The quantitative estimate of drug-likeness (QED) is 0.119. The van der Waals surface area contributed by atoms with E-state index in [-0.39, 0.29) is 0 Å². The van der Waals surface area contributed by atoms with Crippen LogP contribution in [0.4, 0.5) is 17.1 Å². The van der Waals surface area contributed by atoms with Crippen LogP contribution in [0.2, 0.25) is 0 Å². The van der Waals surface area contributed by atoms with E-state index in [4.69, 9.17) is 9.97 Å². The third-order valence-corrected chi connectivity index (χ3v) is 17.3. The van der Waals surface area contributed by atoms with Gasteiger partial charge in [-0.2, -0.15) is 0 Å². The Morgan fingerprint density at radius 1 is 0.500 bits per heavy atom. The zero-order valence-corrected chi connectivity index (χ0v) is 34.6. The van der Waals surface area contributed by atoms with E-state index in [1.54, 1.807) is 0 Å². The predicted octanol–water partition coefficient (Wildman–Crippen LogP) is 10.7. The average molecular weight is 787 g/mol. The fourth-order valence-electron chi connectivity index (χ4n) is 10.1. The van der Waals surface area contributed by atoms with Gasteiger partial charge in [-0.1, -0.05) is 166 Å². The molecule has 0 atom stereocenters. The highest BCUT2D eigenvalue weighted by atomic mass is 28.3. The van der Waals surface area contributed by atoms with E-state index < -0.39 is 13.5 Å². The fraction of sp³-hybridized carbons (Fsp3) is 0.0545. The molecular formula is C55H42N4Si. The van der Waals surface area contributed by atoms with Crippen LogP contribution in [0.15, 0.2) is 219 Å². The Balaban J connectivity index is 1.42. The van der Waals surface area contributed by atoms with E-state index >= 15 is 0 Å². The molecule has 1 aliphatic heterocycles. The van der Waals surface area contributed by atoms with Crippen LogP contribution in [-0.2, 0) is 5.41 Å². The lowest BCUT2D eigenvalue weighted by atomic mass is 9.72. The summed E-state index contributed by atoms with van der Waals surface area (Å²) in [4.78, 5) is 12.5. The number of fused-ring (bicyclic) bond motifs is 6. The summed E-state index contributed by atoms with van der Waals surface area (Å²) in [5, 5.41) is 7.69. The first-order valence-corrected chi connectivity index (χ1v) is 22.7. The van der Waals surface area contributed by atoms with Gasteiger partial charge in [0.05, 0.1) is 28.1 Å². The van der Waals surface area contributed by atoms with Crippen molar-refractivity contribution in [3.63, 3.8) is 0 Å². The van der Waals surface area contributed by atoms with Crippen LogP contribution in [0.25, 0.3) is 38.9 Å². The van der Waals surface area contributed by atoms with E-state index in [0.717, 1.165) is 33.8 Å². The minimum Gasteiger partial charge on any atom is -0.309 e. The normalized spacial score (nSPS) is 13.3. The second-order valence-electron chi connectivity index (χ2n) is 16.2. The van der Waals surface area contributed by atoms with Crippen LogP contribution in [0.3, 0.4) is 0 Å². The Bertz CT molecular complexity index is 3120. The highest BCUT2D eigenvalue weighted by molar-refractivity contribution is 7.20. The summed E-state index contributed by atoms with van der Waals surface area (Å²) in [7, 11) is -3.26. The van der Waals surface area contributed by atoms with E-state index in [9.17, 15) is 0 Å². The summed E-state index contributed by atoms with van der Waals surface area (Å²) in [6.45, 7) is 4.89. The molecule has 286 valence electrons. The molecule has 0 fully saturated rings. The van der Waals surface area contributed by atoms with Gasteiger partial charge in [-0.05, 0) is 86.5 Å². The lowest BCUT2D eigenvalue weighted by Crippen LogP contribution is -2.76. The van der Waals surface area contributed by atoms with Crippen molar-refractivity contribution in [3.05, 3.63) is 230 Å². The SMILES string of the molecule is CC1(C)c2ccccc2N(c2ccccc2)c2c1c([Si](c1ccccc1)(c1ccccc1)c1cccc(-c3ccccn3)c1)cc1c2c2ccccc2n1-c1ccccn1. The van der Waals surface area contributed by atoms with Gasteiger partial charge in [0.25, 0.3) is 0 Å². The smallest absolute Gasteiger partial charge is 0.180 e. The van der Waals surface area contributed by atoms with Crippen LogP contribution < -0.4 is 25.6 Å². The number of benzene rings is 7. The molecule has 0 amide bonds. The molecule has 10 aromatic rings. The zero-order chi connectivity index (χ0) is 40.3. The number of nitrogens with zero attached hydrogens (tertiary/aromatic N) is 4. The van der Waals surface area contributed by atoms with E-state index in [1.807, 2.05) is 24.5 Å². The summed E-state index contributed by atoms with van der Waals surface area (Å²) in [6, 6.07) is 75.7. The van der Waals surface area contributed by atoms with Crippen molar-refractivity contribution in [1.29, 1.82) is 0 Å². The largest absolute Gasteiger partial charge is 0.309 e. The van der Waals surface area contributed by atoms with Gasteiger partial charge in [0.15, 0.2) is 8.07 Å². The lowest BCUT2D eigenvalue weighted by Gasteiger charge is -2.47. The Morgan fingerprint density at radius 2 is 1.12 bits per heavy atom. The average Bonchev–Trinajstić information content (AvgIpc) is 3.65. The van der Waals surface area contributed by atoms with Crippen LogP contribution >= 0.6 is 0 Å². The molecule has 0 radical (unpaired) electrons. The monoisotopic (exact) mass is 786 g/mol. The molecule has 3 aromatic heterocycles. The minimum absolute atomic E-state index is 0.421. The first-order valence-electron chi connectivity index (χ1n) is 20.7. The number of hydrogen-bond donors (Lipinski definition) is 0. The summed E-state index contributed by atoms with van der Waals surface area (Å²) < 4.78 is 2.39. The molecule has 0 saturated carbocycles. The topological polar surface area (TPSA) is 34.0 Å². The zero-order valence-electron chi connectivity index (χ0n) is 33.6. The van der Waals surface area contributed by atoms with Gasteiger partial charge in [-0.3, -0.25) is 9.55 Å². The molecule has 1 aliphatic rings. The standard InChI is InChI=1S/C55H42N4Si/c1-55(2)45-30-13-15-33-48(45)58(40-22-6-3-7-23-40)54-52-44-29-12-14-32-47(44)59(51-34-17-19-36-57-51)49(52)38-50(53(54)55)60(41-24-8-4-9-25-41,42-26-10-5-11-27-42)43-28-20-21-39(37-43)46-31-16-18-35-56-46/h3-38H,1-2H3. The van der Waals surface area contributed by atoms with E-state index in [0.29, 0.717) is 0 Å². The summed E-state index contributed by atoms with van der Waals surface area (Å²) in [6.07, 6.45) is 3.79. The minimum atomic E-state index is -3.26. The predicted molar refractivity (Wildman–Crippen MR) is 252 cm³/mol. The molecule has 4 nitrogen and oxygen atoms in total. The molecular weight excluding hydrogens is 745 g/mol. The Labute approximate surface area is 351 Å². The molecule has 60 heavy (non-hydrogen) atoms. The van der Waals surface area contributed by atoms with Crippen molar-refractivity contribution in [2.24, 2.45) is 0 Å². The van der Waals surface area contributed by atoms with Crippen molar-refractivity contribution in [3.8, 4) is 17.1 Å². The van der Waals surface area contributed by atoms with Gasteiger partial charge >= 0.3 is 0 Å². The van der Waals surface area contributed by atoms with Gasteiger partial charge in [0, 0.05) is 39.8 Å². The molecule has 5 heteroatoms. The second kappa shape index (κ2) is 14.2. The maximum atomic E-state index is 5.04. The van der Waals surface area contributed by atoms with E-state index in [1.165, 1.54) is 54.0 Å². The van der Waals surface area contributed by atoms with Gasteiger partial charge in [-0.15, -0.1) is 0 Å². The maximum absolute atomic E-state index is 5.04. The van der Waals surface area contributed by atoms with Crippen LogP contribution in [0, 0.1) is 0 Å².